The number of hydrogen-bond acceptors (Lipinski definition) is 7. The molecule has 0 aliphatic heterocycles. The number of nitrogens with two attached hydrogens (primary N) is 1. The number of aromatic amines is 2. The SMILES string of the molecule is CC(C)C(N)C(=O)NC(Cc1cnc[nH]1)C(=O)NCC(=O)NC(Cc1cnc[nH]1)C(=O)O. The van der Waals surface area contributed by atoms with Crippen molar-refractivity contribution < 1.29 is 24.3 Å². The zero-order valence-corrected chi connectivity index (χ0v) is 17.8. The van der Waals surface area contributed by atoms with Crippen LogP contribution in [0.15, 0.2) is 25.0 Å². The number of aliphatic carboxylic acids is 1. The molecule has 0 saturated carbocycles. The van der Waals surface area contributed by atoms with Crippen molar-refractivity contribution in [2.75, 3.05) is 6.54 Å². The van der Waals surface area contributed by atoms with Crippen molar-refractivity contribution in [1.82, 2.24) is 35.9 Å². The number of nitrogens with one attached hydrogen (secondary N) is 5. The highest BCUT2D eigenvalue weighted by Gasteiger charge is 2.27. The van der Waals surface area contributed by atoms with E-state index in [4.69, 9.17) is 5.73 Å². The van der Waals surface area contributed by atoms with Crippen molar-refractivity contribution in [1.29, 1.82) is 0 Å². The summed E-state index contributed by atoms with van der Waals surface area (Å²) >= 11 is 0. The summed E-state index contributed by atoms with van der Waals surface area (Å²) in [5, 5.41) is 16.7. The molecular weight excluding hydrogens is 420 g/mol. The van der Waals surface area contributed by atoms with Crippen LogP contribution in [0.3, 0.4) is 0 Å². The van der Waals surface area contributed by atoms with E-state index in [0.29, 0.717) is 11.4 Å². The number of aromatic nitrogens is 4. The molecule has 0 fully saturated rings. The van der Waals surface area contributed by atoms with Crippen LogP contribution < -0.4 is 21.7 Å². The molecule has 32 heavy (non-hydrogen) atoms. The molecule has 3 amide bonds. The lowest BCUT2D eigenvalue weighted by molar-refractivity contribution is -0.141. The van der Waals surface area contributed by atoms with Crippen LogP contribution >= 0.6 is 0 Å². The third-order valence-electron chi connectivity index (χ3n) is 4.67. The molecule has 8 N–H and O–H groups in total. The third-order valence-corrected chi connectivity index (χ3v) is 4.67. The van der Waals surface area contributed by atoms with E-state index in [9.17, 15) is 24.3 Å². The average molecular weight is 448 g/mol. The summed E-state index contributed by atoms with van der Waals surface area (Å²) < 4.78 is 0. The number of rotatable bonds is 12. The summed E-state index contributed by atoms with van der Waals surface area (Å²) in [5.74, 6) is -3.20. The van der Waals surface area contributed by atoms with Gasteiger partial charge in [0.25, 0.3) is 0 Å². The standard InChI is InChI=1S/C19H28N8O5/c1-10(2)16(20)18(30)27-13(3-11-5-21-8-24-11)17(29)23-7-15(28)26-14(19(31)32)4-12-6-22-9-25-12/h5-6,8-10,13-14,16H,3-4,7,20H2,1-2H3,(H,21,24)(H,22,25)(H,23,29)(H,26,28)(H,27,30)(H,31,32). The first kappa shape index (κ1) is 24.5. The van der Waals surface area contributed by atoms with Gasteiger partial charge in [-0.2, -0.15) is 0 Å². The van der Waals surface area contributed by atoms with E-state index >= 15 is 0 Å². The summed E-state index contributed by atoms with van der Waals surface area (Å²) in [7, 11) is 0. The predicted molar refractivity (Wildman–Crippen MR) is 112 cm³/mol. The Morgan fingerprint density at radius 1 is 0.969 bits per heavy atom. The second kappa shape index (κ2) is 11.6. The van der Waals surface area contributed by atoms with Gasteiger partial charge in [-0.3, -0.25) is 14.4 Å². The smallest absolute Gasteiger partial charge is 0.326 e. The van der Waals surface area contributed by atoms with E-state index in [1.165, 1.54) is 25.0 Å². The highest BCUT2D eigenvalue weighted by Crippen LogP contribution is 2.03. The Morgan fingerprint density at radius 2 is 1.53 bits per heavy atom. The van der Waals surface area contributed by atoms with Gasteiger partial charge in [-0.15, -0.1) is 0 Å². The monoisotopic (exact) mass is 448 g/mol. The molecule has 0 aromatic carbocycles. The molecule has 0 spiro atoms. The molecule has 0 saturated heterocycles. The van der Waals surface area contributed by atoms with Crippen LogP contribution in [-0.4, -0.2) is 73.4 Å². The quantitative estimate of drug-likeness (QED) is 0.194. The number of imidazole rings is 2. The molecule has 2 aromatic heterocycles. The van der Waals surface area contributed by atoms with Gasteiger partial charge in [-0.25, -0.2) is 14.8 Å². The summed E-state index contributed by atoms with van der Waals surface area (Å²) in [5.41, 5.74) is 6.98. The minimum absolute atomic E-state index is 0.000612. The highest BCUT2D eigenvalue weighted by molar-refractivity contribution is 5.92. The molecule has 0 bridgehead atoms. The molecule has 2 heterocycles. The molecular formula is C19H28N8O5. The maximum Gasteiger partial charge on any atom is 0.326 e. The summed E-state index contributed by atoms with van der Waals surface area (Å²) in [4.78, 5) is 61.9. The number of carbonyl (C=O) groups excluding carboxylic acids is 3. The number of H-pyrrole nitrogens is 2. The summed E-state index contributed by atoms with van der Waals surface area (Å²) in [6, 6.07) is -3.03. The van der Waals surface area contributed by atoms with Gasteiger partial charge in [-0.05, 0) is 5.92 Å². The summed E-state index contributed by atoms with van der Waals surface area (Å²) in [6.07, 6.45) is 5.89. The molecule has 13 heteroatoms. The van der Waals surface area contributed by atoms with Crippen molar-refractivity contribution >= 4 is 23.7 Å². The van der Waals surface area contributed by atoms with Crippen LogP contribution in [0, 0.1) is 5.92 Å². The maximum atomic E-state index is 12.7. The van der Waals surface area contributed by atoms with Gasteiger partial charge in [0.2, 0.25) is 17.7 Å². The number of carbonyl (C=O) groups is 4. The Balaban J connectivity index is 1.95. The van der Waals surface area contributed by atoms with E-state index in [2.05, 4.69) is 35.9 Å². The van der Waals surface area contributed by atoms with Crippen molar-refractivity contribution in [3.05, 3.63) is 36.4 Å². The summed E-state index contributed by atoms with van der Waals surface area (Å²) in [6.45, 7) is 3.08. The van der Waals surface area contributed by atoms with Gasteiger partial charge in [0, 0.05) is 36.6 Å². The zero-order chi connectivity index (χ0) is 23.7. The molecule has 3 unspecified atom stereocenters. The average Bonchev–Trinajstić information content (AvgIpc) is 3.44. The Kier molecular flexibility index (Phi) is 8.89. The first-order valence-electron chi connectivity index (χ1n) is 9.97. The Hall–Kier alpha value is -3.74. The normalized spacial score (nSPS) is 13.8. The number of carboxylic acids is 1. The number of nitrogens with zero attached hydrogens (tertiary/aromatic N) is 2. The first-order valence-corrected chi connectivity index (χ1v) is 9.97. The molecule has 0 radical (unpaired) electrons. The second-order valence-corrected chi connectivity index (χ2v) is 7.57. The minimum atomic E-state index is -1.23. The van der Waals surface area contributed by atoms with E-state index in [1.807, 2.05) is 0 Å². The molecule has 174 valence electrons. The van der Waals surface area contributed by atoms with Crippen molar-refractivity contribution in [3.63, 3.8) is 0 Å². The first-order chi connectivity index (χ1) is 15.2. The lowest BCUT2D eigenvalue weighted by atomic mass is 10.0. The fourth-order valence-corrected chi connectivity index (χ4v) is 2.75. The fraction of sp³-hybridized carbons (Fsp3) is 0.474. The van der Waals surface area contributed by atoms with Crippen molar-refractivity contribution in [2.24, 2.45) is 11.7 Å². The van der Waals surface area contributed by atoms with Crippen LogP contribution in [-0.2, 0) is 32.0 Å². The number of hydrogen-bond donors (Lipinski definition) is 7. The van der Waals surface area contributed by atoms with Gasteiger partial charge >= 0.3 is 5.97 Å². The zero-order valence-electron chi connectivity index (χ0n) is 17.8. The third kappa shape index (κ3) is 7.50. The van der Waals surface area contributed by atoms with Crippen LogP contribution in [0.25, 0.3) is 0 Å². The van der Waals surface area contributed by atoms with Gasteiger partial charge in [0.15, 0.2) is 0 Å². The Morgan fingerprint density at radius 3 is 2.00 bits per heavy atom. The van der Waals surface area contributed by atoms with Crippen molar-refractivity contribution in [2.45, 2.75) is 44.8 Å². The topological polar surface area (TPSA) is 208 Å². The fourth-order valence-electron chi connectivity index (χ4n) is 2.75. The molecule has 0 aliphatic rings. The number of amides is 3. The Labute approximate surface area is 184 Å². The van der Waals surface area contributed by atoms with Crippen molar-refractivity contribution in [3.8, 4) is 0 Å². The van der Waals surface area contributed by atoms with Crippen LogP contribution in [0.2, 0.25) is 0 Å². The van der Waals surface area contributed by atoms with Gasteiger partial charge in [0.05, 0.1) is 25.2 Å². The van der Waals surface area contributed by atoms with E-state index in [1.54, 1.807) is 13.8 Å². The van der Waals surface area contributed by atoms with Crippen LogP contribution in [0.4, 0.5) is 0 Å². The molecule has 3 atom stereocenters. The lowest BCUT2D eigenvalue weighted by Gasteiger charge is -2.22. The largest absolute Gasteiger partial charge is 0.480 e. The minimum Gasteiger partial charge on any atom is -0.480 e. The predicted octanol–water partition coefficient (Wildman–Crippen LogP) is -1.93. The van der Waals surface area contributed by atoms with E-state index < -0.39 is 48.4 Å². The second-order valence-electron chi connectivity index (χ2n) is 7.57. The van der Waals surface area contributed by atoms with Crippen LogP contribution in [0.5, 0.6) is 0 Å². The molecule has 13 nitrogen and oxygen atoms in total. The van der Waals surface area contributed by atoms with Gasteiger partial charge in [-0.1, -0.05) is 13.8 Å². The lowest BCUT2D eigenvalue weighted by Crippen LogP contribution is -2.55. The molecule has 2 aromatic rings. The Bertz CT molecular complexity index is 897. The van der Waals surface area contributed by atoms with Gasteiger partial charge in [0.1, 0.15) is 12.1 Å². The highest BCUT2D eigenvalue weighted by atomic mass is 16.4. The maximum absolute atomic E-state index is 12.7. The van der Waals surface area contributed by atoms with Gasteiger partial charge < -0.3 is 36.8 Å². The van der Waals surface area contributed by atoms with Crippen LogP contribution in [0.1, 0.15) is 25.2 Å². The molecule has 2 rings (SSSR count). The van der Waals surface area contributed by atoms with E-state index in [0.717, 1.165) is 0 Å². The van der Waals surface area contributed by atoms with E-state index in [-0.39, 0.29) is 18.8 Å². The molecule has 0 aliphatic carbocycles. The number of carboxylic acid groups (broad SMARTS) is 1.